The summed E-state index contributed by atoms with van der Waals surface area (Å²) < 4.78 is 5.48. The molecule has 1 aromatic carbocycles. The normalized spacial score (nSPS) is 13.1. The molecule has 2 rings (SSSR count). The third-order valence-corrected chi connectivity index (χ3v) is 2.33. The number of hydrogen-bond donors (Lipinski definition) is 1. The molecule has 0 radical (unpaired) electrons. The second-order valence-corrected chi connectivity index (χ2v) is 3.49. The maximum Gasteiger partial charge on any atom is 0.250 e. The number of carbonyl (C=O) groups excluding carboxylic acids is 1. The SMILES string of the molecule is C=CCNC(=O)C1=Cc2ccccc2OC1. The van der Waals surface area contributed by atoms with Crippen LogP contribution in [0, 0.1) is 0 Å². The second kappa shape index (κ2) is 4.66. The predicted molar refractivity (Wildman–Crippen MR) is 63.1 cm³/mol. The molecular weight excluding hydrogens is 202 g/mol. The highest BCUT2D eigenvalue weighted by Gasteiger charge is 2.15. The average molecular weight is 215 g/mol. The zero-order valence-corrected chi connectivity index (χ0v) is 8.90. The number of fused-ring (bicyclic) bond motifs is 1. The maximum absolute atomic E-state index is 11.7. The van der Waals surface area contributed by atoms with Crippen LogP contribution in [-0.2, 0) is 4.79 Å². The average Bonchev–Trinajstić information content (AvgIpc) is 2.35. The molecule has 3 heteroatoms. The summed E-state index contributed by atoms with van der Waals surface area (Å²) in [5, 5.41) is 2.73. The first-order chi connectivity index (χ1) is 7.81. The zero-order valence-electron chi connectivity index (χ0n) is 8.90. The molecule has 1 aliphatic rings. The molecule has 1 amide bonds. The lowest BCUT2D eigenvalue weighted by atomic mass is 10.1. The molecule has 3 nitrogen and oxygen atoms in total. The summed E-state index contributed by atoms with van der Waals surface area (Å²) in [5.74, 6) is 0.720. The molecular formula is C13H13NO2. The van der Waals surface area contributed by atoms with Gasteiger partial charge in [-0.15, -0.1) is 6.58 Å². The second-order valence-electron chi connectivity index (χ2n) is 3.49. The summed E-state index contributed by atoms with van der Waals surface area (Å²) in [6.07, 6.45) is 3.51. The summed E-state index contributed by atoms with van der Waals surface area (Å²) in [5.41, 5.74) is 1.58. The van der Waals surface area contributed by atoms with Gasteiger partial charge in [0, 0.05) is 12.1 Å². The Labute approximate surface area is 94.4 Å². The number of carbonyl (C=O) groups is 1. The summed E-state index contributed by atoms with van der Waals surface area (Å²) in [4.78, 5) is 11.7. The van der Waals surface area contributed by atoms with Gasteiger partial charge in [-0.3, -0.25) is 4.79 Å². The molecule has 1 N–H and O–H groups in total. The van der Waals surface area contributed by atoms with Crippen molar-refractivity contribution in [2.45, 2.75) is 0 Å². The smallest absolute Gasteiger partial charge is 0.250 e. The van der Waals surface area contributed by atoms with Crippen molar-refractivity contribution in [3.05, 3.63) is 48.1 Å². The summed E-state index contributed by atoms with van der Waals surface area (Å²) in [7, 11) is 0. The standard InChI is InChI=1S/C13H13NO2/c1-2-7-14-13(15)11-8-10-5-3-4-6-12(10)16-9-11/h2-6,8H,1,7,9H2,(H,14,15). The highest BCUT2D eigenvalue weighted by atomic mass is 16.5. The van der Waals surface area contributed by atoms with Crippen molar-refractivity contribution in [3.8, 4) is 5.75 Å². The van der Waals surface area contributed by atoms with E-state index in [9.17, 15) is 4.79 Å². The van der Waals surface area contributed by atoms with Crippen molar-refractivity contribution in [1.82, 2.24) is 5.32 Å². The van der Waals surface area contributed by atoms with Crippen LogP contribution >= 0.6 is 0 Å². The van der Waals surface area contributed by atoms with Gasteiger partial charge in [-0.25, -0.2) is 0 Å². The van der Waals surface area contributed by atoms with Gasteiger partial charge in [0.1, 0.15) is 12.4 Å². The van der Waals surface area contributed by atoms with Crippen LogP contribution in [0.3, 0.4) is 0 Å². The molecule has 0 unspecified atom stereocenters. The molecule has 0 spiro atoms. The van der Waals surface area contributed by atoms with E-state index in [0.717, 1.165) is 11.3 Å². The number of amides is 1. The van der Waals surface area contributed by atoms with Crippen LogP contribution in [0.4, 0.5) is 0 Å². The van der Waals surface area contributed by atoms with Crippen LogP contribution in [0.25, 0.3) is 6.08 Å². The van der Waals surface area contributed by atoms with Crippen LogP contribution in [0.2, 0.25) is 0 Å². The lowest BCUT2D eigenvalue weighted by Gasteiger charge is -2.17. The monoisotopic (exact) mass is 215 g/mol. The minimum absolute atomic E-state index is 0.102. The lowest BCUT2D eigenvalue weighted by molar-refractivity contribution is -0.117. The zero-order chi connectivity index (χ0) is 11.4. The molecule has 0 saturated heterocycles. The van der Waals surface area contributed by atoms with Crippen molar-refractivity contribution in [3.63, 3.8) is 0 Å². The minimum atomic E-state index is -0.102. The van der Waals surface area contributed by atoms with E-state index < -0.39 is 0 Å². The molecule has 1 aromatic rings. The van der Waals surface area contributed by atoms with Crippen LogP contribution in [0.5, 0.6) is 5.75 Å². The van der Waals surface area contributed by atoms with Gasteiger partial charge < -0.3 is 10.1 Å². The van der Waals surface area contributed by atoms with Gasteiger partial charge in [0.2, 0.25) is 0 Å². The first-order valence-corrected chi connectivity index (χ1v) is 5.13. The van der Waals surface area contributed by atoms with Crippen molar-refractivity contribution < 1.29 is 9.53 Å². The number of nitrogens with one attached hydrogen (secondary N) is 1. The number of rotatable bonds is 3. The van der Waals surface area contributed by atoms with Gasteiger partial charge in [0.05, 0.1) is 5.57 Å². The van der Waals surface area contributed by atoms with Gasteiger partial charge >= 0.3 is 0 Å². The maximum atomic E-state index is 11.7. The van der Waals surface area contributed by atoms with E-state index >= 15 is 0 Å². The summed E-state index contributed by atoms with van der Waals surface area (Å²) in [6, 6.07) is 7.65. The fraction of sp³-hybridized carbons (Fsp3) is 0.154. The predicted octanol–water partition coefficient (Wildman–Crippen LogP) is 1.76. The molecule has 0 atom stereocenters. The lowest BCUT2D eigenvalue weighted by Crippen LogP contribution is -2.28. The van der Waals surface area contributed by atoms with Gasteiger partial charge in [-0.2, -0.15) is 0 Å². The molecule has 16 heavy (non-hydrogen) atoms. The van der Waals surface area contributed by atoms with E-state index in [1.807, 2.05) is 30.3 Å². The van der Waals surface area contributed by atoms with E-state index in [1.54, 1.807) is 6.08 Å². The van der Waals surface area contributed by atoms with Gasteiger partial charge in [-0.05, 0) is 12.1 Å². The number of hydrogen-bond acceptors (Lipinski definition) is 2. The third kappa shape index (κ3) is 2.14. The number of benzene rings is 1. The molecule has 0 saturated carbocycles. The van der Waals surface area contributed by atoms with Crippen molar-refractivity contribution in [2.24, 2.45) is 0 Å². The largest absolute Gasteiger partial charge is 0.488 e. The van der Waals surface area contributed by atoms with Gasteiger partial charge in [0.25, 0.3) is 5.91 Å². The molecule has 0 aromatic heterocycles. The minimum Gasteiger partial charge on any atom is -0.488 e. The first-order valence-electron chi connectivity index (χ1n) is 5.13. The first kappa shape index (κ1) is 10.5. The van der Waals surface area contributed by atoms with E-state index in [4.69, 9.17) is 4.74 Å². The van der Waals surface area contributed by atoms with Crippen LogP contribution in [-0.4, -0.2) is 19.1 Å². The topological polar surface area (TPSA) is 38.3 Å². The molecule has 1 aliphatic heterocycles. The Hall–Kier alpha value is -2.03. The Morgan fingerprint density at radius 2 is 2.31 bits per heavy atom. The van der Waals surface area contributed by atoms with Gasteiger partial charge in [-0.1, -0.05) is 24.3 Å². The van der Waals surface area contributed by atoms with Gasteiger partial charge in [0.15, 0.2) is 0 Å². The molecule has 0 bridgehead atoms. The molecule has 1 heterocycles. The Kier molecular flexibility index (Phi) is 3.05. The fourth-order valence-electron chi connectivity index (χ4n) is 1.53. The molecule has 0 aliphatic carbocycles. The van der Waals surface area contributed by atoms with E-state index in [-0.39, 0.29) is 5.91 Å². The Bertz CT molecular complexity index is 449. The quantitative estimate of drug-likeness (QED) is 0.780. The Morgan fingerprint density at radius 1 is 1.50 bits per heavy atom. The van der Waals surface area contributed by atoms with Crippen molar-refractivity contribution >= 4 is 12.0 Å². The van der Waals surface area contributed by atoms with Crippen LogP contribution in [0.15, 0.2) is 42.5 Å². The van der Waals surface area contributed by atoms with Crippen LogP contribution in [0.1, 0.15) is 5.56 Å². The number of para-hydroxylation sites is 1. The molecule has 0 fully saturated rings. The van der Waals surface area contributed by atoms with Crippen molar-refractivity contribution in [2.75, 3.05) is 13.2 Å². The van der Waals surface area contributed by atoms with Crippen molar-refractivity contribution in [1.29, 1.82) is 0 Å². The summed E-state index contributed by atoms with van der Waals surface area (Å²) in [6.45, 7) is 4.34. The highest BCUT2D eigenvalue weighted by Crippen LogP contribution is 2.25. The Balaban J connectivity index is 2.17. The highest BCUT2D eigenvalue weighted by molar-refractivity contribution is 5.99. The van der Waals surface area contributed by atoms with Crippen LogP contribution < -0.4 is 10.1 Å². The molecule has 82 valence electrons. The van der Waals surface area contributed by atoms with E-state index in [0.29, 0.717) is 18.7 Å². The van der Waals surface area contributed by atoms with E-state index in [1.165, 1.54) is 0 Å². The van der Waals surface area contributed by atoms with E-state index in [2.05, 4.69) is 11.9 Å². The fourth-order valence-corrected chi connectivity index (χ4v) is 1.53. The third-order valence-electron chi connectivity index (χ3n) is 2.33. The number of ether oxygens (including phenoxy) is 1. The Morgan fingerprint density at radius 3 is 3.12 bits per heavy atom. The summed E-state index contributed by atoms with van der Waals surface area (Å²) >= 11 is 0.